The molecule has 0 radical (unpaired) electrons. The Bertz CT molecular complexity index is 719. The molecule has 2 heterocycles. The second-order valence-corrected chi connectivity index (χ2v) is 5.17. The second kappa shape index (κ2) is 4.82. The van der Waals surface area contributed by atoms with Crippen molar-refractivity contribution in [2.45, 2.75) is 10.4 Å². The Balaban J connectivity index is 1.99. The lowest BCUT2D eigenvalue weighted by atomic mass is 10.1. The average molecular weight is 295 g/mol. The Morgan fingerprint density at radius 1 is 1.10 bits per heavy atom. The van der Waals surface area contributed by atoms with Gasteiger partial charge in [-0.25, -0.2) is 9.50 Å². The number of rotatable bonds is 2. The Labute approximate surface area is 116 Å². The first-order valence-electron chi connectivity index (χ1n) is 5.68. The van der Waals surface area contributed by atoms with Crippen LogP contribution in [0.5, 0.6) is 0 Å². The number of fused-ring (bicyclic) bond motifs is 1. The minimum Gasteiger partial charge on any atom is -0.237 e. The van der Waals surface area contributed by atoms with E-state index < -0.39 is 5.51 Å². The van der Waals surface area contributed by atoms with Gasteiger partial charge in [-0.15, -0.1) is 0 Å². The van der Waals surface area contributed by atoms with Crippen molar-refractivity contribution in [3.8, 4) is 11.3 Å². The molecule has 0 unspecified atom stereocenters. The van der Waals surface area contributed by atoms with Crippen LogP contribution in [0.3, 0.4) is 0 Å². The van der Waals surface area contributed by atoms with Crippen LogP contribution >= 0.6 is 11.8 Å². The molecule has 20 heavy (non-hydrogen) atoms. The highest BCUT2D eigenvalue weighted by Gasteiger charge is 2.29. The molecule has 1 aromatic carbocycles. The molecule has 0 bridgehead atoms. The maximum absolute atomic E-state index is 12.4. The van der Waals surface area contributed by atoms with Gasteiger partial charge in [0.1, 0.15) is 0 Å². The van der Waals surface area contributed by atoms with Gasteiger partial charge in [-0.2, -0.15) is 18.3 Å². The molecule has 0 spiro atoms. The molecule has 2 aromatic heterocycles. The Morgan fingerprint density at radius 3 is 2.70 bits per heavy atom. The highest BCUT2D eigenvalue weighted by Crippen LogP contribution is 2.38. The van der Waals surface area contributed by atoms with Crippen LogP contribution in [0.1, 0.15) is 0 Å². The van der Waals surface area contributed by atoms with Crippen molar-refractivity contribution in [1.82, 2.24) is 14.6 Å². The Hall–Kier alpha value is -2.02. The Kier molecular flexibility index (Phi) is 3.13. The van der Waals surface area contributed by atoms with Crippen molar-refractivity contribution in [2.75, 3.05) is 0 Å². The molecule has 3 aromatic rings. The van der Waals surface area contributed by atoms with E-state index in [1.54, 1.807) is 41.2 Å². The zero-order valence-corrected chi connectivity index (χ0v) is 10.8. The highest BCUT2D eigenvalue weighted by molar-refractivity contribution is 8.00. The van der Waals surface area contributed by atoms with Gasteiger partial charge in [0.25, 0.3) is 0 Å². The maximum atomic E-state index is 12.4. The van der Waals surface area contributed by atoms with Gasteiger partial charge in [-0.3, -0.25) is 0 Å². The molecular weight excluding hydrogens is 287 g/mol. The molecule has 0 saturated heterocycles. The number of hydrogen-bond donors (Lipinski definition) is 0. The molecule has 0 amide bonds. The quantitative estimate of drug-likeness (QED) is 0.669. The van der Waals surface area contributed by atoms with Crippen LogP contribution in [0, 0.1) is 0 Å². The molecule has 0 aliphatic rings. The number of aromatic nitrogens is 3. The number of nitrogens with zero attached hydrogens (tertiary/aromatic N) is 3. The van der Waals surface area contributed by atoms with E-state index in [9.17, 15) is 13.2 Å². The van der Waals surface area contributed by atoms with Gasteiger partial charge in [0.05, 0.1) is 5.69 Å². The fraction of sp³-hybridized carbons (Fsp3) is 0.0769. The van der Waals surface area contributed by atoms with E-state index in [2.05, 4.69) is 10.1 Å². The summed E-state index contributed by atoms with van der Waals surface area (Å²) in [6.45, 7) is 0. The first-order valence-corrected chi connectivity index (χ1v) is 6.49. The van der Waals surface area contributed by atoms with E-state index >= 15 is 0 Å². The Morgan fingerprint density at radius 2 is 1.95 bits per heavy atom. The van der Waals surface area contributed by atoms with Crippen LogP contribution in [0.4, 0.5) is 13.2 Å². The fourth-order valence-corrected chi connectivity index (χ4v) is 2.42. The van der Waals surface area contributed by atoms with Gasteiger partial charge in [0.2, 0.25) is 0 Å². The highest BCUT2D eigenvalue weighted by atomic mass is 32.2. The van der Waals surface area contributed by atoms with E-state index in [0.717, 1.165) is 0 Å². The first-order chi connectivity index (χ1) is 9.51. The van der Waals surface area contributed by atoms with E-state index in [-0.39, 0.29) is 16.7 Å². The van der Waals surface area contributed by atoms with Crippen molar-refractivity contribution < 1.29 is 13.2 Å². The SMILES string of the molecule is FC(F)(F)Sc1cccc(-c2cc3ncccn3n2)c1. The minimum absolute atomic E-state index is 0.134. The van der Waals surface area contributed by atoms with Crippen molar-refractivity contribution in [3.05, 3.63) is 48.8 Å². The number of benzene rings is 1. The number of thioether (sulfide) groups is 1. The van der Waals surface area contributed by atoms with Crippen molar-refractivity contribution in [2.24, 2.45) is 0 Å². The molecule has 0 N–H and O–H groups in total. The van der Waals surface area contributed by atoms with E-state index in [1.165, 1.54) is 12.1 Å². The summed E-state index contributed by atoms with van der Waals surface area (Å²) < 4.78 is 38.7. The summed E-state index contributed by atoms with van der Waals surface area (Å²) in [6.07, 6.45) is 3.37. The molecule has 0 saturated carbocycles. The topological polar surface area (TPSA) is 30.2 Å². The van der Waals surface area contributed by atoms with Gasteiger partial charge >= 0.3 is 5.51 Å². The summed E-state index contributed by atoms with van der Waals surface area (Å²) in [4.78, 5) is 4.26. The summed E-state index contributed by atoms with van der Waals surface area (Å²) >= 11 is -0.134. The predicted molar refractivity (Wildman–Crippen MR) is 70.3 cm³/mol. The molecule has 7 heteroatoms. The summed E-state index contributed by atoms with van der Waals surface area (Å²) in [5.41, 5.74) is -2.42. The van der Waals surface area contributed by atoms with E-state index in [0.29, 0.717) is 16.9 Å². The third-order valence-electron chi connectivity index (χ3n) is 2.60. The van der Waals surface area contributed by atoms with Crippen molar-refractivity contribution in [3.63, 3.8) is 0 Å². The molecule has 3 nitrogen and oxygen atoms in total. The van der Waals surface area contributed by atoms with Crippen molar-refractivity contribution >= 4 is 17.4 Å². The van der Waals surface area contributed by atoms with E-state index in [1.807, 2.05) is 0 Å². The van der Waals surface area contributed by atoms with Crippen LogP contribution in [-0.2, 0) is 0 Å². The molecular formula is C13H8F3N3S. The smallest absolute Gasteiger partial charge is 0.237 e. The largest absolute Gasteiger partial charge is 0.446 e. The summed E-state index contributed by atoms with van der Waals surface area (Å²) in [7, 11) is 0. The first kappa shape index (κ1) is 13.0. The van der Waals surface area contributed by atoms with Crippen LogP contribution in [0.2, 0.25) is 0 Å². The monoisotopic (exact) mass is 295 g/mol. The molecule has 3 rings (SSSR count). The molecule has 102 valence electrons. The normalized spacial score (nSPS) is 11.9. The summed E-state index contributed by atoms with van der Waals surface area (Å²) in [5.74, 6) is 0. The van der Waals surface area contributed by atoms with Gasteiger partial charge in [0.15, 0.2) is 5.65 Å². The van der Waals surface area contributed by atoms with Crippen LogP contribution in [0.25, 0.3) is 16.9 Å². The second-order valence-electron chi connectivity index (χ2n) is 4.03. The lowest BCUT2D eigenvalue weighted by Gasteiger charge is -2.06. The lowest BCUT2D eigenvalue weighted by molar-refractivity contribution is -0.0328. The summed E-state index contributed by atoms with van der Waals surface area (Å²) in [5, 5.41) is 4.28. The number of halogens is 3. The van der Waals surface area contributed by atoms with Crippen molar-refractivity contribution in [1.29, 1.82) is 0 Å². The van der Waals surface area contributed by atoms with Gasteiger partial charge < -0.3 is 0 Å². The van der Waals surface area contributed by atoms with Gasteiger partial charge in [-0.05, 0) is 30.0 Å². The average Bonchev–Trinajstić information content (AvgIpc) is 2.80. The van der Waals surface area contributed by atoms with E-state index in [4.69, 9.17) is 0 Å². The summed E-state index contributed by atoms with van der Waals surface area (Å²) in [6, 6.07) is 9.68. The third kappa shape index (κ3) is 2.77. The molecule has 0 aliphatic carbocycles. The number of alkyl halides is 3. The zero-order chi connectivity index (χ0) is 14.2. The van der Waals surface area contributed by atoms with Crippen LogP contribution in [0.15, 0.2) is 53.7 Å². The van der Waals surface area contributed by atoms with Crippen LogP contribution in [-0.4, -0.2) is 20.1 Å². The molecule has 0 atom stereocenters. The van der Waals surface area contributed by atoms with Gasteiger partial charge in [0, 0.05) is 28.9 Å². The minimum atomic E-state index is -4.29. The molecule has 0 aliphatic heterocycles. The number of hydrogen-bond acceptors (Lipinski definition) is 3. The van der Waals surface area contributed by atoms with Gasteiger partial charge in [-0.1, -0.05) is 12.1 Å². The maximum Gasteiger partial charge on any atom is 0.446 e. The standard InChI is InChI=1S/C13H8F3N3S/c14-13(15,16)20-10-4-1-3-9(7-10)11-8-12-17-5-2-6-19(12)18-11/h1-8H. The predicted octanol–water partition coefficient (Wildman–Crippen LogP) is 4.01. The molecule has 0 fully saturated rings. The zero-order valence-electron chi connectivity index (χ0n) is 10.0. The lowest BCUT2D eigenvalue weighted by Crippen LogP contribution is -1.98. The third-order valence-corrected chi connectivity index (χ3v) is 3.32. The fourth-order valence-electron chi connectivity index (χ4n) is 1.82. The van der Waals surface area contributed by atoms with Crippen LogP contribution < -0.4 is 0 Å².